The molecule has 0 bridgehead atoms. The fourth-order valence-electron chi connectivity index (χ4n) is 3.07. The molecule has 0 N–H and O–H groups in total. The molecule has 2 nitrogen and oxygen atoms in total. The second kappa shape index (κ2) is 5.54. The molecule has 1 aliphatic heterocycles. The van der Waals surface area contributed by atoms with Crippen LogP contribution >= 0.6 is 11.3 Å². The Kier molecular flexibility index (Phi) is 3.85. The van der Waals surface area contributed by atoms with Crippen LogP contribution in [0, 0.1) is 12.3 Å². The third kappa shape index (κ3) is 2.70. The molecule has 3 rings (SSSR count). The van der Waals surface area contributed by atoms with Crippen LogP contribution in [-0.2, 0) is 11.2 Å². The van der Waals surface area contributed by atoms with E-state index in [1.165, 1.54) is 21.6 Å². The minimum absolute atomic E-state index is 0.0577. The van der Waals surface area contributed by atoms with E-state index in [4.69, 9.17) is 0 Å². The topological polar surface area (TPSA) is 20.3 Å². The van der Waals surface area contributed by atoms with E-state index in [1.54, 1.807) is 0 Å². The highest BCUT2D eigenvalue weighted by Crippen LogP contribution is 2.39. The minimum atomic E-state index is -0.351. The van der Waals surface area contributed by atoms with Gasteiger partial charge in [-0.15, -0.1) is 11.3 Å². The van der Waals surface area contributed by atoms with Gasteiger partial charge >= 0.3 is 0 Å². The molecule has 0 fully saturated rings. The Morgan fingerprint density at radius 3 is 2.50 bits per heavy atom. The molecular formula is C19H23NOS. The Labute approximate surface area is 136 Å². The smallest absolute Gasteiger partial charge is 0.228 e. The minimum Gasteiger partial charge on any atom is -0.331 e. The van der Waals surface area contributed by atoms with Crippen LogP contribution in [0.1, 0.15) is 48.4 Å². The number of fused-ring (bicyclic) bond motifs is 1. The summed E-state index contributed by atoms with van der Waals surface area (Å²) in [6.45, 7) is 8.92. The van der Waals surface area contributed by atoms with Crippen LogP contribution in [-0.4, -0.2) is 17.4 Å². The van der Waals surface area contributed by atoms with Gasteiger partial charge in [0.25, 0.3) is 0 Å². The third-order valence-corrected chi connectivity index (χ3v) is 5.26. The number of nitrogens with zero attached hydrogens (tertiary/aromatic N) is 1. The summed E-state index contributed by atoms with van der Waals surface area (Å²) in [4.78, 5) is 16.4. The quantitative estimate of drug-likeness (QED) is 0.755. The number of hydrogen-bond acceptors (Lipinski definition) is 2. The van der Waals surface area contributed by atoms with Gasteiger partial charge in [0, 0.05) is 16.8 Å². The van der Waals surface area contributed by atoms with Gasteiger partial charge in [-0.3, -0.25) is 4.79 Å². The van der Waals surface area contributed by atoms with Crippen LogP contribution in [0.5, 0.6) is 0 Å². The summed E-state index contributed by atoms with van der Waals surface area (Å²) in [6.07, 6.45) is 0.969. The molecule has 1 aromatic heterocycles. The second-order valence-electron chi connectivity index (χ2n) is 7.11. The van der Waals surface area contributed by atoms with Crippen LogP contribution in [0.25, 0.3) is 0 Å². The van der Waals surface area contributed by atoms with Crippen LogP contribution in [0.4, 0.5) is 0 Å². The first-order valence-electron chi connectivity index (χ1n) is 7.82. The number of amides is 1. The zero-order valence-corrected chi connectivity index (χ0v) is 14.5. The van der Waals surface area contributed by atoms with E-state index in [2.05, 4.69) is 47.5 Å². The van der Waals surface area contributed by atoms with Crippen molar-refractivity contribution < 1.29 is 4.79 Å². The standard InChI is InChI=1S/C19H23NOS/c1-13-5-7-14(8-6-13)17-15-10-12-22-16(15)9-11-20(17)18(21)19(2,3)4/h5-8,10,12,17H,9,11H2,1-4H3. The van der Waals surface area contributed by atoms with Gasteiger partial charge in [0.15, 0.2) is 0 Å². The summed E-state index contributed by atoms with van der Waals surface area (Å²) in [7, 11) is 0. The van der Waals surface area contributed by atoms with Crippen LogP contribution in [0.15, 0.2) is 35.7 Å². The normalized spacial score (nSPS) is 18.2. The van der Waals surface area contributed by atoms with Crippen LogP contribution < -0.4 is 0 Å². The van der Waals surface area contributed by atoms with E-state index in [9.17, 15) is 4.79 Å². The van der Waals surface area contributed by atoms with Crippen LogP contribution in [0.2, 0.25) is 0 Å². The molecule has 1 atom stereocenters. The summed E-state index contributed by atoms with van der Waals surface area (Å²) in [6, 6.07) is 10.8. The van der Waals surface area contributed by atoms with E-state index in [0.29, 0.717) is 0 Å². The van der Waals surface area contributed by atoms with Crippen molar-refractivity contribution in [2.24, 2.45) is 5.41 Å². The maximum Gasteiger partial charge on any atom is 0.228 e. The second-order valence-corrected chi connectivity index (χ2v) is 8.11. The first-order chi connectivity index (χ1) is 10.4. The first kappa shape index (κ1) is 15.3. The summed E-state index contributed by atoms with van der Waals surface area (Å²) in [5.74, 6) is 0.231. The highest BCUT2D eigenvalue weighted by Gasteiger charge is 2.37. The Morgan fingerprint density at radius 2 is 1.86 bits per heavy atom. The first-order valence-corrected chi connectivity index (χ1v) is 8.70. The molecule has 22 heavy (non-hydrogen) atoms. The van der Waals surface area contributed by atoms with Gasteiger partial charge < -0.3 is 4.90 Å². The lowest BCUT2D eigenvalue weighted by atomic mass is 9.88. The lowest BCUT2D eigenvalue weighted by Crippen LogP contribution is -2.45. The van der Waals surface area contributed by atoms with Crippen molar-refractivity contribution in [2.45, 2.75) is 40.2 Å². The lowest BCUT2D eigenvalue weighted by Gasteiger charge is -2.39. The SMILES string of the molecule is Cc1ccc(C2c3ccsc3CCN2C(=O)C(C)(C)C)cc1. The Bertz CT molecular complexity index is 678. The Morgan fingerprint density at radius 1 is 1.18 bits per heavy atom. The van der Waals surface area contributed by atoms with Gasteiger partial charge in [-0.1, -0.05) is 50.6 Å². The predicted molar refractivity (Wildman–Crippen MR) is 92.2 cm³/mol. The van der Waals surface area contributed by atoms with Gasteiger partial charge in [0.1, 0.15) is 0 Å². The fraction of sp³-hybridized carbons (Fsp3) is 0.421. The molecule has 0 saturated heterocycles. The summed E-state index contributed by atoms with van der Waals surface area (Å²) in [5.41, 5.74) is 3.41. The number of benzene rings is 1. The molecule has 2 heterocycles. The van der Waals surface area contributed by atoms with Crippen molar-refractivity contribution in [1.82, 2.24) is 4.90 Å². The van der Waals surface area contributed by atoms with Crippen molar-refractivity contribution >= 4 is 17.2 Å². The molecule has 0 spiro atoms. The highest BCUT2D eigenvalue weighted by atomic mass is 32.1. The number of hydrogen-bond donors (Lipinski definition) is 0. The largest absolute Gasteiger partial charge is 0.331 e. The van der Waals surface area contributed by atoms with E-state index < -0.39 is 0 Å². The average Bonchev–Trinajstić information content (AvgIpc) is 2.94. The molecule has 116 valence electrons. The van der Waals surface area contributed by atoms with Gasteiger partial charge in [-0.2, -0.15) is 0 Å². The monoisotopic (exact) mass is 313 g/mol. The van der Waals surface area contributed by atoms with Crippen molar-refractivity contribution in [3.63, 3.8) is 0 Å². The fourth-order valence-corrected chi connectivity index (χ4v) is 3.98. The molecular weight excluding hydrogens is 290 g/mol. The molecule has 3 heteroatoms. The molecule has 0 aliphatic carbocycles. The van der Waals surface area contributed by atoms with Gasteiger partial charge in [-0.25, -0.2) is 0 Å². The van der Waals surface area contributed by atoms with E-state index in [-0.39, 0.29) is 17.4 Å². The summed E-state index contributed by atoms with van der Waals surface area (Å²) < 4.78 is 0. The molecule has 1 aromatic carbocycles. The van der Waals surface area contributed by atoms with Gasteiger partial charge in [-0.05, 0) is 35.9 Å². The zero-order chi connectivity index (χ0) is 15.9. The number of carbonyl (C=O) groups is 1. The number of thiophene rings is 1. The highest BCUT2D eigenvalue weighted by molar-refractivity contribution is 7.10. The van der Waals surface area contributed by atoms with Crippen molar-refractivity contribution in [1.29, 1.82) is 0 Å². The molecule has 0 radical (unpaired) electrons. The Hall–Kier alpha value is -1.61. The van der Waals surface area contributed by atoms with Crippen molar-refractivity contribution in [3.8, 4) is 0 Å². The van der Waals surface area contributed by atoms with Gasteiger partial charge in [0.2, 0.25) is 5.91 Å². The number of rotatable bonds is 1. The average molecular weight is 313 g/mol. The van der Waals surface area contributed by atoms with E-state index >= 15 is 0 Å². The predicted octanol–water partition coefficient (Wildman–Crippen LogP) is 4.58. The molecule has 2 aromatic rings. The maximum absolute atomic E-state index is 12.9. The summed E-state index contributed by atoms with van der Waals surface area (Å²) >= 11 is 1.81. The lowest BCUT2D eigenvalue weighted by molar-refractivity contribution is -0.141. The van der Waals surface area contributed by atoms with E-state index in [0.717, 1.165) is 13.0 Å². The van der Waals surface area contributed by atoms with Crippen molar-refractivity contribution in [3.05, 3.63) is 57.3 Å². The molecule has 1 unspecified atom stereocenters. The third-order valence-electron chi connectivity index (χ3n) is 4.26. The summed E-state index contributed by atoms with van der Waals surface area (Å²) in [5, 5.41) is 2.15. The van der Waals surface area contributed by atoms with E-state index in [1.807, 2.05) is 32.1 Å². The molecule has 0 saturated carbocycles. The van der Waals surface area contributed by atoms with Crippen molar-refractivity contribution in [2.75, 3.05) is 6.54 Å². The van der Waals surface area contributed by atoms with Gasteiger partial charge in [0.05, 0.1) is 6.04 Å². The molecule has 1 amide bonds. The van der Waals surface area contributed by atoms with Crippen LogP contribution in [0.3, 0.4) is 0 Å². The molecule has 1 aliphatic rings. The number of aryl methyl sites for hydroxylation is 1. The maximum atomic E-state index is 12.9. The zero-order valence-electron chi connectivity index (χ0n) is 13.7. The number of carbonyl (C=O) groups excluding carboxylic acids is 1. The Balaban J connectivity index is 2.07.